The van der Waals surface area contributed by atoms with Crippen molar-refractivity contribution in [2.24, 2.45) is 5.10 Å². The van der Waals surface area contributed by atoms with Crippen LogP contribution in [0.2, 0.25) is 0 Å². The van der Waals surface area contributed by atoms with E-state index >= 15 is 0 Å². The summed E-state index contributed by atoms with van der Waals surface area (Å²) < 4.78 is 0. The third kappa shape index (κ3) is 6.24. The van der Waals surface area contributed by atoms with Crippen LogP contribution in [0.15, 0.2) is 47.6 Å². The summed E-state index contributed by atoms with van der Waals surface area (Å²) in [6.45, 7) is 1.90. The second-order valence-electron chi connectivity index (χ2n) is 5.69. The van der Waals surface area contributed by atoms with Gasteiger partial charge in [0.05, 0.1) is 11.1 Å². The van der Waals surface area contributed by atoms with Crippen molar-refractivity contribution >= 4 is 29.4 Å². The SMILES string of the molecule is Cc1cccc(NC(=O)CCC(=O)NN=Cc2cc([N+](=O)[O-])ccc2[O-])c1. The zero-order valence-electron chi connectivity index (χ0n) is 14.5. The number of aryl methyl sites for hydroxylation is 1. The summed E-state index contributed by atoms with van der Waals surface area (Å²) >= 11 is 0. The van der Waals surface area contributed by atoms with Crippen molar-refractivity contribution in [3.05, 3.63) is 63.7 Å². The van der Waals surface area contributed by atoms with Crippen molar-refractivity contribution < 1.29 is 19.6 Å². The van der Waals surface area contributed by atoms with Gasteiger partial charge in [0.15, 0.2) is 0 Å². The molecule has 2 amide bonds. The summed E-state index contributed by atoms with van der Waals surface area (Å²) in [5, 5.41) is 28.6. The Kier molecular flexibility index (Phi) is 6.59. The first-order valence-electron chi connectivity index (χ1n) is 7.99. The minimum atomic E-state index is -0.637. The topological polar surface area (TPSA) is 137 Å². The van der Waals surface area contributed by atoms with Gasteiger partial charge in [0.25, 0.3) is 5.69 Å². The van der Waals surface area contributed by atoms with Crippen LogP contribution in [0.1, 0.15) is 24.0 Å². The number of nitro groups is 1. The van der Waals surface area contributed by atoms with Crippen molar-refractivity contribution in [1.29, 1.82) is 0 Å². The van der Waals surface area contributed by atoms with Gasteiger partial charge < -0.3 is 10.4 Å². The number of nitrogens with one attached hydrogen (secondary N) is 2. The van der Waals surface area contributed by atoms with E-state index in [0.717, 1.165) is 30.0 Å². The molecule has 0 bridgehead atoms. The van der Waals surface area contributed by atoms with E-state index in [1.165, 1.54) is 0 Å². The van der Waals surface area contributed by atoms with E-state index in [1.54, 1.807) is 6.07 Å². The number of hydrogen-bond donors (Lipinski definition) is 2. The normalized spacial score (nSPS) is 10.6. The molecule has 2 aromatic carbocycles. The molecule has 0 saturated heterocycles. The van der Waals surface area contributed by atoms with Crippen molar-refractivity contribution in [2.45, 2.75) is 19.8 Å². The quantitative estimate of drug-likeness (QED) is 0.436. The first kappa shape index (κ1) is 19.6. The summed E-state index contributed by atoms with van der Waals surface area (Å²) in [4.78, 5) is 33.6. The third-order valence-corrected chi connectivity index (χ3v) is 3.48. The van der Waals surface area contributed by atoms with Gasteiger partial charge in [-0.3, -0.25) is 19.7 Å². The number of anilines is 1. The molecule has 0 unspecified atom stereocenters. The maximum absolute atomic E-state index is 11.8. The predicted octanol–water partition coefficient (Wildman–Crippen LogP) is 1.85. The van der Waals surface area contributed by atoms with E-state index in [1.807, 2.05) is 25.1 Å². The van der Waals surface area contributed by atoms with Gasteiger partial charge >= 0.3 is 0 Å². The zero-order chi connectivity index (χ0) is 19.8. The number of carbonyl (C=O) groups is 2. The Balaban J connectivity index is 1.82. The molecule has 140 valence electrons. The number of hydrazone groups is 1. The van der Waals surface area contributed by atoms with Gasteiger partial charge in [0.1, 0.15) is 0 Å². The van der Waals surface area contributed by atoms with Gasteiger partial charge in [-0.25, -0.2) is 5.43 Å². The molecule has 9 heteroatoms. The second kappa shape index (κ2) is 9.09. The Bertz CT molecular complexity index is 895. The van der Waals surface area contributed by atoms with Crippen molar-refractivity contribution in [3.63, 3.8) is 0 Å². The molecule has 2 aromatic rings. The standard InChI is InChI=1S/C18H18N4O5/c1-12-3-2-4-14(9-12)20-17(24)7-8-18(25)21-19-11-13-10-15(22(26)27)5-6-16(13)23/h2-6,9-11,23H,7-8H2,1H3,(H,20,24)(H,21,25)/p-1. The lowest BCUT2D eigenvalue weighted by Gasteiger charge is -2.08. The molecule has 2 N–H and O–H groups in total. The fourth-order valence-electron chi connectivity index (χ4n) is 2.15. The molecular formula is C18H17N4O5-. The molecule has 2 rings (SSSR count). The number of benzene rings is 2. The van der Waals surface area contributed by atoms with Crippen LogP contribution in [0.25, 0.3) is 0 Å². The number of amides is 2. The molecule has 0 aliphatic carbocycles. The highest BCUT2D eigenvalue weighted by atomic mass is 16.6. The van der Waals surface area contributed by atoms with E-state index in [2.05, 4.69) is 15.8 Å². The third-order valence-electron chi connectivity index (χ3n) is 3.48. The molecule has 0 saturated carbocycles. The zero-order valence-corrected chi connectivity index (χ0v) is 14.5. The van der Waals surface area contributed by atoms with Gasteiger partial charge in [-0.1, -0.05) is 23.9 Å². The maximum atomic E-state index is 11.8. The van der Waals surface area contributed by atoms with Crippen LogP contribution >= 0.6 is 0 Å². The van der Waals surface area contributed by atoms with Gasteiger partial charge in [0, 0.05) is 30.7 Å². The largest absolute Gasteiger partial charge is 0.872 e. The van der Waals surface area contributed by atoms with E-state index in [4.69, 9.17) is 0 Å². The average molecular weight is 369 g/mol. The highest BCUT2D eigenvalue weighted by molar-refractivity contribution is 5.93. The number of non-ortho nitro benzene ring substituents is 1. The summed E-state index contributed by atoms with van der Waals surface area (Å²) in [6, 6.07) is 10.5. The Morgan fingerprint density at radius 3 is 2.59 bits per heavy atom. The van der Waals surface area contributed by atoms with Crippen LogP contribution in [0.4, 0.5) is 11.4 Å². The smallest absolute Gasteiger partial charge is 0.270 e. The van der Waals surface area contributed by atoms with Crippen molar-refractivity contribution in [3.8, 4) is 5.75 Å². The number of nitro benzene ring substituents is 1. The minimum absolute atomic E-state index is 0.0262. The lowest BCUT2D eigenvalue weighted by molar-refractivity contribution is -0.385. The number of rotatable bonds is 7. The molecule has 0 aliphatic rings. The van der Waals surface area contributed by atoms with Gasteiger partial charge in [-0.2, -0.15) is 5.10 Å². The fraction of sp³-hybridized carbons (Fsp3) is 0.167. The molecule has 9 nitrogen and oxygen atoms in total. The molecule has 0 radical (unpaired) electrons. The highest BCUT2D eigenvalue weighted by Gasteiger charge is 2.08. The van der Waals surface area contributed by atoms with Gasteiger partial charge in [-0.15, -0.1) is 0 Å². The van der Waals surface area contributed by atoms with Gasteiger partial charge in [0.2, 0.25) is 11.8 Å². The lowest BCUT2D eigenvalue weighted by Crippen LogP contribution is -2.20. The molecule has 0 atom stereocenters. The van der Waals surface area contributed by atoms with E-state index in [-0.39, 0.29) is 30.0 Å². The van der Waals surface area contributed by atoms with Crippen LogP contribution in [-0.2, 0) is 9.59 Å². The Hall–Kier alpha value is -3.75. The van der Waals surface area contributed by atoms with E-state index in [0.29, 0.717) is 5.69 Å². The number of nitrogens with zero attached hydrogens (tertiary/aromatic N) is 2. The van der Waals surface area contributed by atoms with Crippen molar-refractivity contribution in [1.82, 2.24) is 5.43 Å². The molecule has 0 fully saturated rings. The minimum Gasteiger partial charge on any atom is -0.872 e. The first-order valence-corrected chi connectivity index (χ1v) is 7.99. The Morgan fingerprint density at radius 2 is 1.89 bits per heavy atom. The maximum Gasteiger partial charge on any atom is 0.270 e. The highest BCUT2D eigenvalue weighted by Crippen LogP contribution is 2.19. The molecular weight excluding hydrogens is 352 g/mol. The Labute approximate surface area is 154 Å². The van der Waals surface area contributed by atoms with Crippen molar-refractivity contribution in [2.75, 3.05) is 5.32 Å². The molecule has 27 heavy (non-hydrogen) atoms. The monoisotopic (exact) mass is 369 g/mol. The summed E-state index contributed by atoms with van der Waals surface area (Å²) in [6.07, 6.45) is 0.882. The average Bonchev–Trinajstić information content (AvgIpc) is 2.61. The Morgan fingerprint density at radius 1 is 1.15 bits per heavy atom. The fourth-order valence-corrected chi connectivity index (χ4v) is 2.15. The summed E-state index contributed by atoms with van der Waals surface area (Å²) in [5.41, 5.74) is 3.54. The van der Waals surface area contributed by atoms with Crippen LogP contribution < -0.4 is 15.8 Å². The molecule has 0 heterocycles. The molecule has 0 aliphatic heterocycles. The summed E-state index contributed by atoms with van der Waals surface area (Å²) in [5.74, 6) is -1.31. The molecule has 0 spiro atoms. The van der Waals surface area contributed by atoms with Crippen LogP contribution in [0.5, 0.6) is 5.75 Å². The van der Waals surface area contributed by atoms with Crippen LogP contribution in [0, 0.1) is 17.0 Å². The first-order chi connectivity index (χ1) is 12.8. The van der Waals surface area contributed by atoms with Crippen LogP contribution in [0.3, 0.4) is 0 Å². The summed E-state index contributed by atoms with van der Waals surface area (Å²) in [7, 11) is 0. The second-order valence-corrected chi connectivity index (χ2v) is 5.69. The number of hydrogen-bond acceptors (Lipinski definition) is 6. The van der Waals surface area contributed by atoms with Gasteiger partial charge in [-0.05, 0) is 30.2 Å². The van der Waals surface area contributed by atoms with Crippen LogP contribution in [-0.4, -0.2) is 23.0 Å². The molecule has 0 aromatic heterocycles. The predicted molar refractivity (Wildman–Crippen MR) is 97.3 cm³/mol. The van der Waals surface area contributed by atoms with E-state index in [9.17, 15) is 24.8 Å². The lowest BCUT2D eigenvalue weighted by atomic mass is 10.2. The van der Waals surface area contributed by atoms with E-state index < -0.39 is 16.6 Å². The number of carbonyl (C=O) groups excluding carboxylic acids is 2.